The van der Waals surface area contributed by atoms with Gasteiger partial charge in [0.05, 0.1) is 5.75 Å². The molecule has 9 heteroatoms. The first-order valence-electron chi connectivity index (χ1n) is 7.79. The summed E-state index contributed by atoms with van der Waals surface area (Å²) in [4.78, 5) is 47.0. The van der Waals surface area contributed by atoms with Crippen LogP contribution in [0.5, 0.6) is 0 Å². The molecule has 3 rings (SSSR count). The van der Waals surface area contributed by atoms with Crippen molar-refractivity contribution in [2.24, 2.45) is 0 Å². The molecular weight excluding hydrogens is 362 g/mol. The van der Waals surface area contributed by atoms with Gasteiger partial charge in [-0.15, -0.1) is 11.3 Å². The number of thioether (sulfide) groups is 1. The van der Waals surface area contributed by atoms with E-state index in [1.165, 1.54) is 23.0 Å². The van der Waals surface area contributed by atoms with Gasteiger partial charge >= 0.3 is 5.97 Å². The number of rotatable bonds is 5. The molecule has 1 aliphatic rings. The van der Waals surface area contributed by atoms with Gasteiger partial charge in [-0.2, -0.15) is 0 Å². The lowest BCUT2D eigenvalue weighted by Gasteiger charge is -2.13. The fourth-order valence-electron chi connectivity index (χ4n) is 2.56. The van der Waals surface area contributed by atoms with Crippen LogP contribution in [0, 0.1) is 13.8 Å². The molecule has 0 radical (unpaired) electrons. The van der Waals surface area contributed by atoms with Gasteiger partial charge < -0.3 is 4.74 Å². The molecule has 0 N–H and O–H groups in total. The summed E-state index contributed by atoms with van der Waals surface area (Å²) in [6, 6.07) is 0. The van der Waals surface area contributed by atoms with E-state index < -0.39 is 18.5 Å². The van der Waals surface area contributed by atoms with Crippen LogP contribution in [-0.4, -0.2) is 51.6 Å². The SMILES string of the molecule is Cc1sc2ncnc(SCC(=O)OCC(=O)N3CCCC3=O)c2c1C. The van der Waals surface area contributed by atoms with Crippen LogP contribution in [0.4, 0.5) is 0 Å². The topological polar surface area (TPSA) is 89.5 Å². The number of carbonyl (C=O) groups is 3. The number of aryl methyl sites for hydroxylation is 2. The molecule has 25 heavy (non-hydrogen) atoms. The van der Waals surface area contributed by atoms with Gasteiger partial charge in [-0.05, 0) is 25.8 Å². The molecule has 0 spiro atoms. The van der Waals surface area contributed by atoms with Crippen LogP contribution >= 0.6 is 23.1 Å². The third-order valence-electron chi connectivity index (χ3n) is 3.99. The van der Waals surface area contributed by atoms with E-state index in [-0.39, 0.29) is 11.7 Å². The molecule has 7 nitrogen and oxygen atoms in total. The first-order chi connectivity index (χ1) is 12.0. The zero-order valence-corrected chi connectivity index (χ0v) is 15.5. The van der Waals surface area contributed by atoms with E-state index in [0.717, 1.165) is 25.7 Å². The normalized spacial score (nSPS) is 14.3. The Morgan fingerprint density at radius 2 is 2.16 bits per heavy atom. The van der Waals surface area contributed by atoms with E-state index in [1.54, 1.807) is 11.3 Å². The fraction of sp³-hybridized carbons (Fsp3) is 0.438. The summed E-state index contributed by atoms with van der Waals surface area (Å²) in [6.07, 6.45) is 2.52. The summed E-state index contributed by atoms with van der Waals surface area (Å²) < 4.78 is 4.99. The van der Waals surface area contributed by atoms with Crippen LogP contribution in [0.3, 0.4) is 0 Å². The van der Waals surface area contributed by atoms with E-state index in [2.05, 4.69) is 9.97 Å². The van der Waals surface area contributed by atoms with Gasteiger partial charge in [0.15, 0.2) is 6.61 Å². The molecule has 0 atom stereocenters. The van der Waals surface area contributed by atoms with E-state index in [0.29, 0.717) is 19.4 Å². The second kappa shape index (κ2) is 7.49. The molecule has 1 fully saturated rings. The van der Waals surface area contributed by atoms with Crippen LogP contribution in [0.15, 0.2) is 11.4 Å². The molecule has 0 aliphatic carbocycles. The molecule has 1 saturated heterocycles. The number of ether oxygens (including phenoxy) is 1. The molecular formula is C16H17N3O4S2. The maximum absolute atomic E-state index is 11.9. The average molecular weight is 379 g/mol. The predicted octanol–water partition coefficient (Wildman–Crippen LogP) is 2.09. The molecule has 0 bridgehead atoms. The van der Waals surface area contributed by atoms with Crippen molar-refractivity contribution in [1.29, 1.82) is 0 Å². The molecule has 2 amide bonds. The Bertz CT molecular complexity index is 849. The number of likely N-dealkylation sites (tertiary alicyclic amines) is 1. The predicted molar refractivity (Wildman–Crippen MR) is 94.5 cm³/mol. The highest BCUT2D eigenvalue weighted by Gasteiger charge is 2.27. The van der Waals surface area contributed by atoms with E-state index in [9.17, 15) is 14.4 Å². The molecule has 132 valence electrons. The van der Waals surface area contributed by atoms with Gasteiger partial charge in [0.1, 0.15) is 16.2 Å². The second-order valence-corrected chi connectivity index (χ2v) is 7.80. The van der Waals surface area contributed by atoms with Gasteiger partial charge in [0.25, 0.3) is 5.91 Å². The van der Waals surface area contributed by atoms with Crippen LogP contribution in [-0.2, 0) is 19.1 Å². The summed E-state index contributed by atoms with van der Waals surface area (Å²) in [5.41, 5.74) is 1.11. The molecule has 2 aromatic rings. The minimum atomic E-state index is -0.513. The summed E-state index contributed by atoms with van der Waals surface area (Å²) >= 11 is 2.85. The maximum Gasteiger partial charge on any atom is 0.316 e. The summed E-state index contributed by atoms with van der Waals surface area (Å²) in [7, 11) is 0. The lowest BCUT2D eigenvalue weighted by molar-refractivity contribution is -0.153. The first kappa shape index (κ1) is 17.8. The standard InChI is InChI=1S/C16H17N3O4S2/c1-9-10(2)25-16-14(9)15(17-8-18-16)24-7-13(22)23-6-12(21)19-5-3-4-11(19)20/h8H,3-7H2,1-2H3. The quantitative estimate of drug-likeness (QED) is 0.446. The Morgan fingerprint density at radius 3 is 2.88 bits per heavy atom. The summed E-state index contributed by atoms with van der Waals surface area (Å²) in [5.74, 6) is -1.14. The molecule has 0 saturated carbocycles. The Morgan fingerprint density at radius 1 is 1.36 bits per heavy atom. The van der Waals surface area contributed by atoms with Crippen molar-refractivity contribution < 1.29 is 19.1 Å². The highest BCUT2D eigenvalue weighted by Crippen LogP contribution is 2.34. The number of amides is 2. The van der Waals surface area contributed by atoms with Crippen LogP contribution in [0.1, 0.15) is 23.3 Å². The van der Waals surface area contributed by atoms with Gasteiger partial charge in [-0.1, -0.05) is 11.8 Å². The molecule has 3 heterocycles. The molecule has 0 aromatic carbocycles. The third kappa shape index (κ3) is 3.82. The minimum Gasteiger partial charge on any atom is -0.455 e. The van der Waals surface area contributed by atoms with Crippen molar-refractivity contribution in [2.45, 2.75) is 31.7 Å². The monoisotopic (exact) mass is 379 g/mol. The number of fused-ring (bicyclic) bond motifs is 1. The van der Waals surface area contributed by atoms with Crippen LogP contribution < -0.4 is 0 Å². The van der Waals surface area contributed by atoms with E-state index in [1.807, 2.05) is 13.8 Å². The van der Waals surface area contributed by atoms with Crippen LogP contribution in [0.2, 0.25) is 0 Å². The zero-order chi connectivity index (χ0) is 18.0. The lowest BCUT2D eigenvalue weighted by atomic mass is 10.2. The number of hydrogen-bond acceptors (Lipinski definition) is 8. The Balaban J connectivity index is 1.56. The number of imide groups is 1. The van der Waals surface area contributed by atoms with Gasteiger partial charge in [0.2, 0.25) is 5.91 Å². The number of hydrogen-bond donors (Lipinski definition) is 0. The summed E-state index contributed by atoms with van der Waals surface area (Å²) in [6.45, 7) is 4.03. The Labute approximate surface area is 152 Å². The minimum absolute atomic E-state index is 0.0433. The molecule has 2 aromatic heterocycles. The Kier molecular flexibility index (Phi) is 5.33. The van der Waals surface area contributed by atoms with Gasteiger partial charge in [-0.25, -0.2) is 9.97 Å². The number of aromatic nitrogens is 2. The number of nitrogens with zero attached hydrogens (tertiary/aromatic N) is 3. The molecule has 1 aliphatic heterocycles. The van der Waals surface area contributed by atoms with E-state index in [4.69, 9.17) is 4.74 Å². The van der Waals surface area contributed by atoms with Crippen molar-refractivity contribution in [1.82, 2.24) is 14.9 Å². The third-order valence-corrected chi connectivity index (χ3v) is 6.07. The second-order valence-electron chi connectivity index (χ2n) is 5.63. The largest absolute Gasteiger partial charge is 0.455 e. The van der Waals surface area contributed by atoms with Crippen molar-refractivity contribution in [2.75, 3.05) is 18.9 Å². The van der Waals surface area contributed by atoms with Crippen molar-refractivity contribution in [3.8, 4) is 0 Å². The van der Waals surface area contributed by atoms with Crippen molar-refractivity contribution in [3.05, 3.63) is 16.8 Å². The van der Waals surface area contributed by atoms with Gasteiger partial charge in [-0.3, -0.25) is 19.3 Å². The van der Waals surface area contributed by atoms with Crippen LogP contribution in [0.25, 0.3) is 10.2 Å². The van der Waals surface area contributed by atoms with E-state index >= 15 is 0 Å². The van der Waals surface area contributed by atoms with Gasteiger partial charge in [0, 0.05) is 23.2 Å². The number of carbonyl (C=O) groups excluding carboxylic acids is 3. The highest BCUT2D eigenvalue weighted by atomic mass is 32.2. The number of thiophene rings is 1. The zero-order valence-electron chi connectivity index (χ0n) is 13.9. The Hall–Kier alpha value is -2.00. The lowest BCUT2D eigenvalue weighted by Crippen LogP contribution is -2.35. The first-order valence-corrected chi connectivity index (χ1v) is 9.60. The number of esters is 1. The van der Waals surface area contributed by atoms with Crippen molar-refractivity contribution >= 4 is 51.1 Å². The summed E-state index contributed by atoms with van der Waals surface area (Å²) in [5, 5.41) is 1.69. The average Bonchev–Trinajstić information content (AvgIpc) is 3.14. The highest BCUT2D eigenvalue weighted by molar-refractivity contribution is 8.00. The smallest absolute Gasteiger partial charge is 0.316 e. The van der Waals surface area contributed by atoms with Crippen molar-refractivity contribution in [3.63, 3.8) is 0 Å². The molecule has 0 unspecified atom stereocenters. The fourth-order valence-corrected chi connectivity index (χ4v) is 4.48. The maximum atomic E-state index is 11.9.